The summed E-state index contributed by atoms with van der Waals surface area (Å²) in [7, 11) is 0. The van der Waals surface area contributed by atoms with Crippen molar-refractivity contribution >= 4 is 23.5 Å². The van der Waals surface area contributed by atoms with E-state index in [-0.39, 0.29) is 23.3 Å². The molecule has 6 heteroatoms. The molecular formula is C23H30N2O4. The Labute approximate surface area is 171 Å². The second-order valence-corrected chi connectivity index (χ2v) is 9.36. The Bertz CT molecular complexity index is 792. The van der Waals surface area contributed by atoms with Gasteiger partial charge in [-0.3, -0.25) is 14.4 Å². The lowest BCUT2D eigenvalue weighted by Crippen LogP contribution is -2.65. The molecule has 2 N–H and O–H groups in total. The monoisotopic (exact) mass is 398 g/mol. The van der Waals surface area contributed by atoms with Crippen LogP contribution in [0.3, 0.4) is 0 Å². The van der Waals surface area contributed by atoms with E-state index in [2.05, 4.69) is 10.6 Å². The normalized spacial score (nSPS) is 33.0. The Kier molecular flexibility index (Phi) is 5.13. The highest BCUT2D eigenvalue weighted by Crippen LogP contribution is 2.62. The van der Waals surface area contributed by atoms with Crippen LogP contribution < -0.4 is 10.6 Å². The number of hydrogen-bond acceptors (Lipinski definition) is 4. The standard InChI is InChI=1S/C23H30N2O4/c1-3-19(20(27)24-18-7-5-4-6-8-18)29-21(28)22-10-16-9-17(11-22)13-23(12-16,14-22)25-15(2)26/h4-8,16-17,19H,3,9-14H2,1-2H3,(H,24,27)(H,25,26). The first-order valence-electron chi connectivity index (χ1n) is 10.7. The van der Waals surface area contributed by atoms with Crippen molar-refractivity contribution in [1.82, 2.24) is 5.32 Å². The second-order valence-electron chi connectivity index (χ2n) is 9.36. The van der Waals surface area contributed by atoms with Gasteiger partial charge in [0.15, 0.2) is 6.10 Å². The minimum absolute atomic E-state index is 0.0378. The minimum atomic E-state index is -0.813. The van der Waals surface area contributed by atoms with Crippen molar-refractivity contribution in [3.63, 3.8) is 0 Å². The topological polar surface area (TPSA) is 84.5 Å². The Morgan fingerprint density at radius 1 is 1.10 bits per heavy atom. The Morgan fingerprint density at radius 3 is 2.34 bits per heavy atom. The lowest BCUT2D eigenvalue weighted by Gasteiger charge is -2.60. The SMILES string of the molecule is CCC(OC(=O)C12CC3CC(CC(NC(C)=O)(C3)C1)C2)C(=O)Nc1ccccc1. The molecule has 156 valence electrons. The van der Waals surface area contributed by atoms with Crippen LogP contribution >= 0.6 is 0 Å². The first-order valence-corrected chi connectivity index (χ1v) is 10.7. The van der Waals surface area contributed by atoms with Crippen LogP contribution in [0, 0.1) is 17.3 Å². The van der Waals surface area contributed by atoms with Gasteiger partial charge in [0.05, 0.1) is 5.41 Å². The summed E-state index contributed by atoms with van der Waals surface area (Å²) in [6.07, 6.45) is 4.87. The Morgan fingerprint density at radius 2 is 1.76 bits per heavy atom. The average molecular weight is 399 g/mol. The van der Waals surface area contributed by atoms with Crippen molar-refractivity contribution in [3.8, 4) is 0 Å². The van der Waals surface area contributed by atoms with E-state index < -0.39 is 11.5 Å². The zero-order valence-electron chi connectivity index (χ0n) is 17.2. The lowest BCUT2D eigenvalue weighted by atomic mass is 9.47. The van der Waals surface area contributed by atoms with Gasteiger partial charge in [-0.1, -0.05) is 25.1 Å². The van der Waals surface area contributed by atoms with E-state index in [1.54, 1.807) is 6.92 Å². The molecule has 0 spiro atoms. The van der Waals surface area contributed by atoms with Crippen molar-refractivity contribution in [2.24, 2.45) is 17.3 Å². The molecule has 4 aliphatic carbocycles. The molecule has 4 saturated carbocycles. The number of carbonyl (C=O) groups is 3. The summed E-state index contributed by atoms with van der Waals surface area (Å²) in [5.41, 5.74) is -0.179. The van der Waals surface area contributed by atoms with Crippen LogP contribution in [0.1, 0.15) is 58.8 Å². The van der Waals surface area contributed by atoms with E-state index in [1.807, 2.05) is 37.3 Å². The summed E-state index contributed by atoms with van der Waals surface area (Å²) < 4.78 is 5.80. The van der Waals surface area contributed by atoms with Crippen molar-refractivity contribution in [2.45, 2.75) is 70.4 Å². The van der Waals surface area contributed by atoms with Crippen LogP contribution in [-0.4, -0.2) is 29.4 Å². The van der Waals surface area contributed by atoms with Crippen LogP contribution in [0.25, 0.3) is 0 Å². The van der Waals surface area contributed by atoms with Gasteiger partial charge in [0, 0.05) is 18.2 Å². The van der Waals surface area contributed by atoms with Gasteiger partial charge in [-0.15, -0.1) is 0 Å². The average Bonchev–Trinajstić information content (AvgIpc) is 2.64. The van der Waals surface area contributed by atoms with E-state index in [4.69, 9.17) is 4.74 Å². The van der Waals surface area contributed by atoms with Gasteiger partial charge >= 0.3 is 5.97 Å². The predicted octanol–water partition coefficient (Wildman–Crippen LogP) is 3.42. The van der Waals surface area contributed by atoms with Crippen LogP contribution in [0.2, 0.25) is 0 Å². The molecule has 3 unspecified atom stereocenters. The van der Waals surface area contributed by atoms with Crippen molar-refractivity contribution < 1.29 is 19.1 Å². The van der Waals surface area contributed by atoms with Gasteiger partial charge in [0.25, 0.3) is 5.91 Å². The number of anilines is 1. The fourth-order valence-electron chi connectivity index (χ4n) is 6.34. The molecule has 1 aromatic carbocycles. The van der Waals surface area contributed by atoms with E-state index in [0.29, 0.717) is 30.4 Å². The number of amides is 2. The molecule has 29 heavy (non-hydrogen) atoms. The molecule has 0 radical (unpaired) electrons. The van der Waals surface area contributed by atoms with E-state index >= 15 is 0 Å². The molecular weight excluding hydrogens is 368 g/mol. The minimum Gasteiger partial charge on any atom is -0.452 e. The van der Waals surface area contributed by atoms with Crippen molar-refractivity contribution in [2.75, 3.05) is 5.32 Å². The molecule has 4 bridgehead atoms. The third-order valence-corrected chi connectivity index (χ3v) is 6.89. The number of benzene rings is 1. The molecule has 3 atom stereocenters. The van der Waals surface area contributed by atoms with E-state index in [1.165, 1.54) is 0 Å². The number of esters is 1. The summed E-state index contributed by atoms with van der Waals surface area (Å²) in [5.74, 6) is 0.275. The molecule has 2 amide bonds. The summed E-state index contributed by atoms with van der Waals surface area (Å²) in [6.45, 7) is 3.39. The highest BCUT2D eigenvalue weighted by atomic mass is 16.5. The molecule has 0 aromatic heterocycles. The van der Waals surface area contributed by atoms with Crippen LogP contribution in [0.4, 0.5) is 5.69 Å². The van der Waals surface area contributed by atoms with Crippen molar-refractivity contribution in [1.29, 1.82) is 0 Å². The third kappa shape index (κ3) is 3.89. The molecule has 0 aliphatic heterocycles. The molecule has 1 aromatic rings. The molecule has 4 aliphatic rings. The maximum absolute atomic E-state index is 13.3. The third-order valence-electron chi connectivity index (χ3n) is 6.89. The number of rotatable bonds is 6. The highest BCUT2D eigenvalue weighted by molar-refractivity contribution is 5.95. The fraction of sp³-hybridized carbons (Fsp3) is 0.609. The van der Waals surface area contributed by atoms with Gasteiger partial charge in [-0.25, -0.2) is 0 Å². The lowest BCUT2D eigenvalue weighted by molar-refractivity contribution is -0.182. The van der Waals surface area contributed by atoms with Crippen LogP contribution in [-0.2, 0) is 19.1 Å². The van der Waals surface area contributed by atoms with Crippen LogP contribution in [0.15, 0.2) is 30.3 Å². The zero-order valence-corrected chi connectivity index (χ0v) is 17.2. The fourth-order valence-corrected chi connectivity index (χ4v) is 6.34. The molecule has 0 saturated heterocycles. The van der Waals surface area contributed by atoms with Gasteiger partial charge < -0.3 is 15.4 Å². The predicted molar refractivity (Wildman–Crippen MR) is 109 cm³/mol. The number of nitrogens with one attached hydrogen (secondary N) is 2. The first-order chi connectivity index (χ1) is 13.8. The zero-order chi connectivity index (χ0) is 20.6. The smallest absolute Gasteiger partial charge is 0.312 e. The number of hydrogen-bond donors (Lipinski definition) is 2. The van der Waals surface area contributed by atoms with Gasteiger partial charge in [0.2, 0.25) is 5.91 Å². The first kappa shape index (κ1) is 19.9. The maximum Gasteiger partial charge on any atom is 0.312 e. The van der Waals surface area contributed by atoms with E-state index in [0.717, 1.165) is 32.1 Å². The molecule has 6 nitrogen and oxygen atoms in total. The summed E-state index contributed by atoms with van der Waals surface area (Å²) in [6, 6.07) is 9.19. The molecule has 0 heterocycles. The van der Waals surface area contributed by atoms with Crippen LogP contribution in [0.5, 0.6) is 0 Å². The quantitative estimate of drug-likeness (QED) is 0.719. The van der Waals surface area contributed by atoms with Gasteiger partial charge in [-0.2, -0.15) is 0 Å². The molecule has 4 fully saturated rings. The van der Waals surface area contributed by atoms with Gasteiger partial charge in [-0.05, 0) is 68.9 Å². The summed E-state index contributed by atoms with van der Waals surface area (Å²) in [4.78, 5) is 37.8. The Balaban J connectivity index is 1.48. The number of para-hydroxylation sites is 1. The second kappa shape index (κ2) is 7.47. The number of carbonyl (C=O) groups excluding carboxylic acids is 3. The molecule has 5 rings (SSSR count). The summed E-state index contributed by atoms with van der Waals surface area (Å²) >= 11 is 0. The highest BCUT2D eigenvalue weighted by Gasteiger charge is 2.61. The van der Waals surface area contributed by atoms with Gasteiger partial charge in [0.1, 0.15) is 0 Å². The maximum atomic E-state index is 13.3. The van der Waals surface area contributed by atoms with E-state index in [9.17, 15) is 14.4 Å². The summed E-state index contributed by atoms with van der Waals surface area (Å²) in [5, 5.41) is 6.00. The number of ether oxygens (including phenoxy) is 1. The van der Waals surface area contributed by atoms with Crippen molar-refractivity contribution in [3.05, 3.63) is 30.3 Å². The Hall–Kier alpha value is -2.37. The largest absolute Gasteiger partial charge is 0.452 e.